The van der Waals surface area contributed by atoms with E-state index in [0.717, 1.165) is 24.5 Å². The fourth-order valence-electron chi connectivity index (χ4n) is 2.45. The standard InChI is InChI=1S/C16H21NO/c1-11-7-12(2)16(13(3)8-11)9-14-5-6-15(18-14)10-17-4/h5-8,17H,9-10H2,1-4H3. The average molecular weight is 243 g/mol. The van der Waals surface area contributed by atoms with Crippen molar-refractivity contribution in [1.82, 2.24) is 5.32 Å². The van der Waals surface area contributed by atoms with Crippen molar-refractivity contribution in [3.63, 3.8) is 0 Å². The first-order valence-electron chi connectivity index (χ1n) is 6.39. The Morgan fingerprint density at radius 3 is 2.22 bits per heavy atom. The van der Waals surface area contributed by atoms with Crippen molar-refractivity contribution < 1.29 is 4.42 Å². The molecular weight excluding hydrogens is 222 g/mol. The molecule has 0 fully saturated rings. The zero-order chi connectivity index (χ0) is 13.1. The van der Waals surface area contributed by atoms with Crippen molar-refractivity contribution in [3.8, 4) is 0 Å². The van der Waals surface area contributed by atoms with E-state index in [4.69, 9.17) is 4.42 Å². The summed E-state index contributed by atoms with van der Waals surface area (Å²) in [7, 11) is 1.93. The lowest BCUT2D eigenvalue weighted by molar-refractivity contribution is 0.462. The molecule has 96 valence electrons. The van der Waals surface area contributed by atoms with E-state index in [0.29, 0.717) is 0 Å². The second-order valence-electron chi connectivity index (χ2n) is 4.95. The summed E-state index contributed by atoms with van der Waals surface area (Å²) in [6.45, 7) is 7.27. The Balaban J connectivity index is 2.22. The van der Waals surface area contributed by atoms with Crippen LogP contribution in [0.4, 0.5) is 0 Å². The molecule has 1 aromatic carbocycles. The second-order valence-corrected chi connectivity index (χ2v) is 4.95. The quantitative estimate of drug-likeness (QED) is 0.889. The number of nitrogens with one attached hydrogen (secondary N) is 1. The van der Waals surface area contributed by atoms with E-state index in [1.165, 1.54) is 22.3 Å². The minimum atomic E-state index is 0.784. The highest BCUT2D eigenvalue weighted by Crippen LogP contribution is 2.21. The van der Waals surface area contributed by atoms with Crippen LogP contribution in [0.5, 0.6) is 0 Å². The number of benzene rings is 1. The molecule has 0 amide bonds. The van der Waals surface area contributed by atoms with Crippen molar-refractivity contribution in [2.75, 3.05) is 7.05 Å². The van der Waals surface area contributed by atoms with Crippen molar-refractivity contribution in [1.29, 1.82) is 0 Å². The smallest absolute Gasteiger partial charge is 0.117 e. The summed E-state index contributed by atoms with van der Waals surface area (Å²) in [4.78, 5) is 0. The van der Waals surface area contributed by atoms with Crippen molar-refractivity contribution in [2.45, 2.75) is 33.7 Å². The third-order valence-electron chi connectivity index (χ3n) is 3.26. The Morgan fingerprint density at radius 1 is 1.00 bits per heavy atom. The van der Waals surface area contributed by atoms with Gasteiger partial charge in [-0.25, -0.2) is 0 Å². The van der Waals surface area contributed by atoms with Crippen LogP contribution in [-0.4, -0.2) is 7.05 Å². The number of hydrogen-bond acceptors (Lipinski definition) is 2. The van der Waals surface area contributed by atoms with E-state index >= 15 is 0 Å². The van der Waals surface area contributed by atoms with Gasteiger partial charge in [-0.2, -0.15) is 0 Å². The van der Waals surface area contributed by atoms with Gasteiger partial charge in [0, 0.05) is 6.42 Å². The summed E-state index contributed by atoms with van der Waals surface area (Å²) in [5, 5.41) is 3.10. The summed E-state index contributed by atoms with van der Waals surface area (Å²) in [5.74, 6) is 2.03. The van der Waals surface area contributed by atoms with Gasteiger partial charge < -0.3 is 9.73 Å². The van der Waals surface area contributed by atoms with Crippen LogP contribution in [-0.2, 0) is 13.0 Å². The molecule has 2 nitrogen and oxygen atoms in total. The van der Waals surface area contributed by atoms with Gasteiger partial charge >= 0.3 is 0 Å². The third-order valence-corrected chi connectivity index (χ3v) is 3.26. The van der Waals surface area contributed by atoms with Crippen molar-refractivity contribution in [2.24, 2.45) is 0 Å². The van der Waals surface area contributed by atoms with Crippen LogP contribution >= 0.6 is 0 Å². The first-order chi connectivity index (χ1) is 8.60. The van der Waals surface area contributed by atoms with Crippen LogP contribution < -0.4 is 5.32 Å². The van der Waals surface area contributed by atoms with Crippen LogP contribution in [0.1, 0.15) is 33.8 Å². The number of aryl methyl sites for hydroxylation is 3. The van der Waals surface area contributed by atoms with Gasteiger partial charge in [0.25, 0.3) is 0 Å². The molecule has 1 aromatic heterocycles. The van der Waals surface area contributed by atoms with Crippen LogP contribution in [0.15, 0.2) is 28.7 Å². The van der Waals surface area contributed by atoms with Gasteiger partial charge in [0.2, 0.25) is 0 Å². The Bertz CT molecular complexity index is 517. The number of rotatable bonds is 4. The van der Waals surface area contributed by atoms with E-state index < -0.39 is 0 Å². The molecule has 0 bridgehead atoms. The van der Waals surface area contributed by atoms with Crippen LogP contribution in [0.25, 0.3) is 0 Å². The molecule has 2 aromatic rings. The maximum absolute atomic E-state index is 5.81. The lowest BCUT2D eigenvalue weighted by Gasteiger charge is -2.10. The van der Waals surface area contributed by atoms with Gasteiger partial charge in [0.1, 0.15) is 11.5 Å². The summed E-state index contributed by atoms with van der Waals surface area (Å²) in [6, 6.07) is 8.59. The third kappa shape index (κ3) is 2.82. The maximum atomic E-state index is 5.81. The van der Waals surface area contributed by atoms with E-state index in [1.54, 1.807) is 0 Å². The van der Waals surface area contributed by atoms with E-state index in [1.807, 2.05) is 13.1 Å². The monoisotopic (exact) mass is 243 g/mol. The first-order valence-corrected chi connectivity index (χ1v) is 6.39. The summed E-state index contributed by atoms with van der Waals surface area (Å²) in [6.07, 6.45) is 0.877. The lowest BCUT2D eigenvalue weighted by atomic mass is 9.97. The molecule has 0 saturated heterocycles. The summed E-state index contributed by atoms with van der Waals surface area (Å²) >= 11 is 0. The van der Waals surface area contributed by atoms with Gasteiger partial charge in [0.05, 0.1) is 6.54 Å². The average Bonchev–Trinajstić information content (AvgIpc) is 2.72. The Kier molecular flexibility index (Phi) is 3.87. The predicted molar refractivity (Wildman–Crippen MR) is 74.9 cm³/mol. The van der Waals surface area contributed by atoms with Gasteiger partial charge in [-0.15, -0.1) is 0 Å². The molecule has 0 atom stereocenters. The number of furan rings is 1. The van der Waals surface area contributed by atoms with Crippen LogP contribution in [0.2, 0.25) is 0 Å². The molecule has 0 saturated carbocycles. The van der Waals surface area contributed by atoms with Gasteiger partial charge in [-0.3, -0.25) is 0 Å². The van der Waals surface area contributed by atoms with Gasteiger partial charge in [0.15, 0.2) is 0 Å². The predicted octanol–water partition coefficient (Wildman–Crippen LogP) is 3.52. The molecule has 2 rings (SSSR count). The molecule has 0 unspecified atom stereocenters. The molecular formula is C16H21NO. The lowest BCUT2D eigenvalue weighted by Crippen LogP contribution is -2.03. The Morgan fingerprint density at radius 2 is 1.61 bits per heavy atom. The molecule has 0 radical (unpaired) electrons. The fourth-order valence-corrected chi connectivity index (χ4v) is 2.45. The largest absolute Gasteiger partial charge is 0.464 e. The summed E-state index contributed by atoms with van der Waals surface area (Å²) < 4.78 is 5.81. The van der Waals surface area contributed by atoms with Crippen molar-refractivity contribution in [3.05, 3.63) is 58.0 Å². The van der Waals surface area contributed by atoms with Crippen molar-refractivity contribution >= 4 is 0 Å². The van der Waals surface area contributed by atoms with Crippen LogP contribution in [0.3, 0.4) is 0 Å². The minimum absolute atomic E-state index is 0.784. The molecule has 0 aliphatic heterocycles. The zero-order valence-electron chi connectivity index (χ0n) is 11.6. The highest BCUT2D eigenvalue weighted by Gasteiger charge is 2.08. The number of hydrogen-bond donors (Lipinski definition) is 1. The molecule has 0 aliphatic carbocycles. The highest BCUT2D eigenvalue weighted by atomic mass is 16.3. The Hall–Kier alpha value is -1.54. The molecule has 2 heteroatoms. The second kappa shape index (κ2) is 5.40. The highest BCUT2D eigenvalue weighted by molar-refractivity contribution is 5.39. The Labute approximate surface area is 109 Å². The van der Waals surface area contributed by atoms with E-state index in [2.05, 4.69) is 44.3 Å². The summed E-state index contributed by atoms with van der Waals surface area (Å²) in [5.41, 5.74) is 5.40. The molecule has 1 N–H and O–H groups in total. The van der Waals surface area contributed by atoms with E-state index in [9.17, 15) is 0 Å². The van der Waals surface area contributed by atoms with Gasteiger partial charge in [-0.1, -0.05) is 17.7 Å². The van der Waals surface area contributed by atoms with E-state index in [-0.39, 0.29) is 0 Å². The topological polar surface area (TPSA) is 25.2 Å². The maximum Gasteiger partial charge on any atom is 0.117 e. The molecule has 1 heterocycles. The van der Waals surface area contributed by atoms with Gasteiger partial charge in [-0.05, 0) is 56.6 Å². The fraction of sp³-hybridized carbons (Fsp3) is 0.375. The molecule has 0 aliphatic rings. The minimum Gasteiger partial charge on any atom is -0.464 e. The zero-order valence-corrected chi connectivity index (χ0v) is 11.6. The normalized spacial score (nSPS) is 10.9. The van der Waals surface area contributed by atoms with Crippen LogP contribution in [0, 0.1) is 20.8 Å². The molecule has 18 heavy (non-hydrogen) atoms. The SMILES string of the molecule is CNCc1ccc(Cc2c(C)cc(C)cc2C)o1. The first kappa shape index (κ1) is 12.9. The molecule has 0 spiro atoms.